The van der Waals surface area contributed by atoms with Crippen LogP contribution in [0, 0.1) is 6.92 Å². The van der Waals surface area contributed by atoms with Gasteiger partial charge in [-0.15, -0.1) is 0 Å². The third-order valence-electron chi connectivity index (χ3n) is 3.52. The van der Waals surface area contributed by atoms with E-state index in [1.54, 1.807) is 43.5 Å². The molecular formula is C18H19ClN2O3. The predicted molar refractivity (Wildman–Crippen MR) is 95.8 cm³/mol. The van der Waals surface area contributed by atoms with E-state index in [0.717, 1.165) is 5.56 Å². The summed E-state index contributed by atoms with van der Waals surface area (Å²) in [5.74, 6) is 0.166. The summed E-state index contributed by atoms with van der Waals surface area (Å²) in [6.07, 6.45) is 0. The molecule has 0 unspecified atom stereocenters. The number of anilines is 2. The molecule has 0 radical (unpaired) electrons. The van der Waals surface area contributed by atoms with Crippen LogP contribution in [-0.2, 0) is 9.59 Å². The topological polar surface area (TPSA) is 58.6 Å². The Morgan fingerprint density at radius 2 is 1.83 bits per heavy atom. The zero-order chi connectivity index (χ0) is 17.7. The van der Waals surface area contributed by atoms with Crippen LogP contribution in [0.25, 0.3) is 0 Å². The fourth-order valence-electron chi connectivity index (χ4n) is 2.15. The maximum atomic E-state index is 12.2. The number of carbonyl (C=O) groups is 2. The van der Waals surface area contributed by atoms with Crippen molar-refractivity contribution in [2.24, 2.45) is 0 Å². The van der Waals surface area contributed by atoms with Crippen molar-refractivity contribution < 1.29 is 14.3 Å². The third kappa shape index (κ3) is 4.49. The van der Waals surface area contributed by atoms with Crippen LogP contribution in [0.4, 0.5) is 11.4 Å². The lowest BCUT2D eigenvalue weighted by Crippen LogP contribution is -2.36. The molecule has 5 nitrogen and oxygen atoms in total. The molecule has 0 saturated carbocycles. The van der Waals surface area contributed by atoms with Crippen LogP contribution in [0.3, 0.4) is 0 Å². The molecule has 0 fully saturated rings. The van der Waals surface area contributed by atoms with Crippen LogP contribution in [0.5, 0.6) is 5.75 Å². The summed E-state index contributed by atoms with van der Waals surface area (Å²) in [4.78, 5) is 25.5. The smallest absolute Gasteiger partial charge is 0.244 e. The Balaban J connectivity index is 2.10. The lowest BCUT2D eigenvalue weighted by molar-refractivity contribution is -0.120. The summed E-state index contributed by atoms with van der Waals surface area (Å²) in [5, 5.41) is 3.30. The maximum absolute atomic E-state index is 12.2. The zero-order valence-electron chi connectivity index (χ0n) is 13.8. The van der Waals surface area contributed by atoms with Gasteiger partial charge in [-0.05, 0) is 48.9 Å². The Hall–Kier alpha value is -2.53. The molecule has 0 heterocycles. The van der Waals surface area contributed by atoms with Crippen molar-refractivity contribution in [3.8, 4) is 5.75 Å². The molecule has 0 saturated heterocycles. The summed E-state index contributed by atoms with van der Waals surface area (Å²) in [6.45, 7) is 3.19. The van der Waals surface area contributed by atoms with E-state index in [4.69, 9.17) is 16.3 Å². The summed E-state index contributed by atoms with van der Waals surface area (Å²) in [5.41, 5.74) is 2.13. The highest BCUT2D eigenvalue weighted by molar-refractivity contribution is 6.31. The molecule has 2 aromatic carbocycles. The number of benzene rings is 2. The molecule has 126 valence electrons. The zero-order valence-corrected chi connectivity index (χ0v) is 14.6. The van der Waals surface area contributed by atoms with Crippen LogP contribution < -0.4 is 15.0 Å². The average molecular weight is 347 g/mol. The number of rotatable bonds is 5. The Morgan fingerprint density at radius 1 is 1.17 bits per heavy atom. The molecule has 0 atom stereocenters. The second kappa shape index (κ2) is 7.84. The number of ether oxygens (including phenoxy) is 1. The van der Waals surface area contributed by atoms with Crippen molar-refractivity contribution >= 4 is 34.8 Å². The minimum atomic E-state index is -0.299. The summed E-state index contributed by atoms with van der Waals surface area (Å²) in [6, 6.07) is 12.2. The molecule has 0 aliphatic carbocycles. The molecule has 0 aromatic heterocycles. The predicted octanol–water partition coefficient (Wildman–Crippen LogP) is 3.65. The van der Waals surface area contributed by atoms with E-state index in [-0.39, 0.29) is 18.4 Å². The van der Waals surface area contributed by atoms with Crippen LogP contribution >= 0.6 is 11.6 Å². The van der Waals surface area contributed by atoms with Crippen molar-refractivity contribution in [1.82, 2.24) is 0 Å². The van der Waals surface area contributed by atoms with Crippen LogP contribution in [-0.4, -0.2) is 25.5 Å². The first-order valence-corrected chi connectivity index (χ1v) is 7.76. The first-order valence-electron chi connectivity index (χ1n) is 7.39. The number of methoxy groups -OCH3 is 1. The highest BCUT2D eigenvalue weighted by Crippen LogP contribution is 2.23. The molecule has 0 spiro atoms. The molecular weight excluding hydrogens is 328 g/mol. The van der Waals surface area contributed by atoms with Crippen molar-refractivity contribution in [2.45, 2.75) is 13.8 Å². The van der Waals surface area contributed by atoms with E-state index in [9.17, 15) is 9.59 Å². The van der Waals surface area contributed by atoms with E-state index in [2.05, 4.69) is 5.32 Å². The molecule has 2 rings (SSSR count). The normalized spacial score (nSPS) is 10.2. The molecule has 0 aliphatic rings. The number of amides is 2. The van der Waals surface area contributed by atoms with Gasteiger partial charge in [0.2, 0.25) is 11.8 Å². The molecule has 2 aromatic rings. The summed E-state index contributed by atoms with van der Waals surface area (Å²) >= 11 is 6.11. The fourth-order valence-corrected chi connectivity index (χ4v) is 2.33. The number of aryl methyl sites for hydroxylation is 1. The quantitative estimate of drug-likeness (QED) is 0.899. The van der Waals surface area contributed by atoms with Crippen LogP contribution in [0.2, 0.25) is 5.02 Å². The second-order valence-electron chi connectivity index (χ2n) is 5.32. The minimum absolute atomic E-state index is 0.0965. The SMILES string of the molecule is COc1ccc(NC(=O)CN(C(C)=O)c2ccc(C)c(Cl)c2)cc1. The molecule has 24 heavy (non-hydrogen) atoms. The molecule has 0 bridgehead atoms. The van der Waals surface area contributed by atoms with Gasteiger partial charge in [-0.25, -0.2) is 0 Å². The highest BCUT2D eigenvalue weighted by Gasteiger charge is 2.16. The average Bonchev–Trinajstić information content (AvgIpc) is 2.56. The second-order valence-corrected chi connectivity index (χ2v) is 5.72. The number of nitrogens with one attached hydrogen (secondary N) is 1. The van der Waals surface area contributed by atoms with Gasteiger partial charge in [-0.2, -0.15) is 0 Å². The van der Waals surface area contributed by atoms with Crippen LogP contribution in [0.15, 0.2) is 42.5 Å². The van der Waals surface area contributed by atoms with E-state index in [1.165, 1.54) is 11.8 Å². The van der Waals surface area contributed by atoms with Gasteiger partial charge in [-0.1, -0.05) is 17.7 Å². The first-order chi connectivity index (χ1) is 11.4. The molecule has 0 aliphatic heterocycles. The standard InChI is InChI=1S/C18H19ClN2O3/c1-12-4-7-15(10-17(12)19)21(13(2)22)11-18(23)20-14-5-8-16(24-3)9-6-14/h4-10H,11H2,1-3H3,(H,20,23). The number of nitrogens with zero attached hydrogens (tertiary/aromatic N) is 1. The number of carbonyl (C=O) groups excluding carboxylic acids is 2. The largest absolute Gasteiger partial charge is 0.497 e. The Bertz CT molecular complexity index is 744. The van der Waals surface area contributed by atoms with Gasteiger partial charge in [0, 0.05) is 23.3 Å². The number of halogens is 1. The van der Waals surface area contributed by atoms with E-state index >= 15 is 0 Å². The van der Waals surface area contributed by atoms with Gasteiger partial charge in [0.05, 0.1) is 7.11 Å². The Kier molecular flexibility index (Phi) is 5.82. The fraction of sp³-hybridized carbons (Fsp3) is 0.222. The van der Waals surface area contributed by atoms with Gasteiger partial charge in [0.15, 0.2) is 0 Å². The lowest BCUT2D eigenvalue weighted by Gasteiger charge is -2.21. The van der Waals surface area contributed by atoms with E-state index in [0.29, 0.717) is 22.1 Å². The Morgan fingerprint density at radius 3 is 2.38 bits per heavy atom. The first kappa shape index (κ1) is 17.8. The number of hydrogen-bond acceptors (Lipinski definition) is 3. The van der Waals surface area contributed by atoms with Gasteiger partial charge < -0.3 is 15.0 Å². The van der Waals surface area contributed by atoms with Crippen LogP contribution in [0.1, 0.15) is 12.5 Å². The molecule has 2 amide bonds. The minimum Gasteiger partial charge on any atom is -0.497 e. The highest BCUT2D eigenvalue weighted by atomic mass is 35.5. The number of hydrogen-bond donors (Lipinski definition) is 1. The van der Waals surface area contributed by atoms with E-state index in [1.807, 2.05) is 13.0 Å². The summed E-state index contributed by atoms with van der Waals surface area (Å²) < 4.78 is 5.07. The van der Waals surface area contributed by atoms with E-state index < -0.39 is 0 Å². The van der Waals surface area contributed by atoms with Crippen molar-refractivity contribution in [2.75, 3.05) is 23.9 Å². The lowest BCUT2D eigenvalue weighted by atomic mass is 10.2. The van der Waals surface area contributed by atoms with Crippen molar-refractivity contribution in [3.63, 3.8) is 0 Å². The Labute approximate surface area is 146 Å². The van der Waals surface area contributed by atoms with Gasteiger partial charge in [-0.3, -0.25) is 9.59 Å². The summed E-state index contributed by atoms with van der Waals surface area (Å²) in [7, 11) is 1.57. The maximum Gasteiger partial charge on any atom is 0.244 e. The molecule has 6 heteroatoms. The van der Waals surface area contributed by atoms with Gasteiger partial charge >= 0.3 is 0 Å². The van der Waals surface area contributed by atoms with Crippen molar-refractivity contribution in [1.29, 1.82) is 0 Å². The monoisotopic (exact) mass is 346 g/mol. The molecule has 1 N–H and O–H groups in total. The van der Waals surface area contributed by atoms with Crippen molar-refractivity contribution in [3.05, 3.63) is 53.1 Å². The van der Waals surface area contributed by atoms with Gasteiger partial charge in [0.25, 0.3) is 0 Å². The third-order valence-corrected chi connectivity index (χ3v) is 3.93. The van der Waals surface area contributed by atoms with Gasteiger partial charge in [0.1, 0.15) is 12.3 Å².